The molecule has 2 aromatic carbocycles. The first kappa shape index (κ1) is 18.6. The van der Waals surface area contributed by atoms with Crippen LogP contribution < -0.4 is 0 Å². The van der Waals surface area contributed by atoms with Crippen molar-refractivity contribution in [1.82, 2.24) is 19.7 Å². The Hall–Kier alpha value is -3.74. The van der Waals surface area contributed by atoms with Gasteiger partial charge in [-0.05, 0) is 48.9 Å². The topological polar surface area (TPSA) is 64.2 Å². The molecule has 0 aliphatic heterocycles. The van der Waals surface area contributed by atoms with E-state index in [1.807, 2.05) is 31.2 Å². The van der Waals surface area contributed by atoms with E-state index < -0.39 is 5.82 Å². The minimum absolute atomic E-state index is 0.164. The van der Waals surface area contributed by atoms with E-state index in [1.54, 1.807) is 53.3 Å². The van der Waals surface area contributed by atoms with E-state index >= 15 is 0 Å². The van der Waals surface area contributed by atoms with E-state index in [2.05, 4.69) is 10.1 Å². The maximum atomic E-state index is 14.0. The fraction of sp³-hybridized carbons (Fsp3) is 0.136. The third-order valence-corrected chi connectivity index (χ3v) is 4.92. The molecule has 6 nitrogen and oxygen atoms in total. The Bertz CT molecular complexity index is 1120. The van der Waals surface area contributed by atoms with Crippen LogP contribution in [0.4, 0.5) is 4.39 Å². The molecule has 4 rings (SSSR count). The zero-order valence-corrected chi connectivity index (χ0v) is 16.0. The van der Waals surface area contributed by atoms with Gasteiger partial charge in [0.05, 0.1) is 17.3 Å². The molecule has 29 heavy (non-hydrogen) atoms. The molecule has 7 heteroatoms. The van der Waals surface area contributed by atoms with Gasteiger partial charge in [0.25, 0.3) is 5.91 Å². The summed E-state index contributed by atoms with van der Waals surface area (Å²) < 4.78 is 21.3. The smallest absolute Gasteiger partial charge is 0.289 e. The second kappa shape index (κ2) is 7.71. The first-order chi connectivity index (χ1) is 14.0. The molecule has 0 radical (unpaired) electrons. The summed E-state index contributed by atoms with van der Waals surface area (Å²) in [5.74, 6) is -0.183. The quantitative estimate of drug-likeness (QED) is 0.503. The Morgan fingerprint density at radius 1 is 1.10 bits per heavy atom. The van der Waals surface area contributed by atoms with Crippen LogP contribution in [0.3, 0.4) is 0 Å². The van der Waals surface area contributed by atoms with E-state index in [1.165, 1.54) is 12.4 Å². The van der Waals surface area contributed by atoms with Gasteiger partial charge in [-0.25, -0.2) is 14.1 Å². The Balaban J connectivity index is 1.51. The minimum atomic E-state index is -0.393. The van der Waals surface area contributed by atoms with E-state index in [4.69, 9.17) is 4.42 Å². The predicted octanol–water partition coefficient (Wildman–Crippen LogP) is 4.50. The highest BCUT2D eigenvalue weighted by molar-refractivity contribution is 5.92. The summed E-state index contributed by atoms with van der Waals surface area (Å²) in [6.45, 7) is 1.93. The fourth-order valence-electron chi connectivity index (χ4n) is 3.08. The molecule has 2 aromatic heterocycles. The van der Waals surface area contributed by atoms with Crippen LogP contribution in [0.2, 0.25) is 0 Å². The Morgan fingerprint density at radius 3 is 2.55 bits per heavy atom. The van der Waals surface area contributed by atoms with Gasteiger partial charge in [-0.15, -0.1) is 0 Å². The molecule has 0 fully saturated rings. The van der Waals surface area contributed by atoms with Crippen molar-refractivity contribution in [3.8, 4) is 17.0 Å². The normalized spacial score (nSPS) is 12.0. The minimum Gasteiger partial charge on any atom is -0.451 e. The SMILES string of the molecule is C[C@H](c1ccc(-n2cncn2)cc1)N(C)C(=O)c1ccc(-c2ccccc2F)o1. The number of nitrogens with zero attached hydrogens (tertiary/aromatic N) is 4. The Morgan fingerprint density at radius 2 is 1.86 bits per heavy atom. The second-order valence-electron chi connectivity index (χ2n) is 6.67. The lowest BCUT2D eigenvalue weighted by molar-refractivity contribution is 0.0711. The number of carbonyl (C=O) groups excluding carboxylic acids is 1. The molecule has 1 atom stereocenters. The molecule has 2 heterocycles. The largest absolute Gasteiger partial charge is 0.451 e. The molecule has 0 saturated carbocycles. The van der Waals surface area contributed by atoms with Gasteiger partial charge in [0.1, 0.15) is 24.2 Å². The molecule has 0 bridgehead atoms. The Labute approximate surface area is 167 Å². The lowest BCUT2D eigenvalue weighted by Crippen LogP contribution is -2.29. The molecule has 0 aliphatic carbocycles. The standard InChI is InChI=1S/C22H19FN4O2/c1-15(16-7-9-17(10-8-16)27-14-24-13-25-27)26(2)22(28)21-12-11-20(29-21)18-5-3-4-6-19(18)23/h3-15H,1-2H3/t15-/m1/s1. The molecule has 0 unspecified atom stereocenters. The van der Waals surface area contributed by atoms with Gasteiger partial charge in [0.15, 0.2) is 5.76 Å². The van der Waals surface area contributed by atoms with Gasteiger partial charge in [0, 0.05) is 7.05 Å². The third kappa shape index (κ3) is 3.67. The van der Waals surface area contributed by atoms with E-state index in [9.17, 15) is 9.18 Å². The number of halogens is 1. The van der Waals surface area contributed by atoms with Gasteiger partial charge >= 0.3 is 0 Å². The monoisotopic (exact) mass is 390 g/mol. The Kier molecular flexibility index (Phi) is 4.95. The number of furan rings is 1. The fourth-order valence-corrected chi connectivity index (χ4v) is 3.08. The third-order valence-electron chi connectivity index (χ3n) is 4.92. The average Bonchev–Trinajstić information content (AvgIpc) is 3.45. The number of amides is 1. The first-order valence-electron chi connectivity index (χ1n) is 9.11. The van der Waals surface area contributed by atoms with Gasteiger partial charge in [-0.2, -0.15) is 5.10 Å². The van der Waals surface area contributed by atoms with E-state index in [-0.39, 0.29) is 17.7 Å². The van der Waals surface area contributed by atoms with Crippen LogP contribution >= 0.6 is 0 Å². The van der Waals surface area contributed by atoms with Crippen molar-refractivity contribution < 1.29 is 13.6 Å². The van der Waals surface area contributed by atoms with Gasteiger partial charge < -0.3 is 9.32 Å². The number of carbonyl (C=O) groups is 1. The van der Waals surface area contributed by atoms with E-state index in [0.29, 0.717) is 11.3 Å². The number of hydrogen-bond donors (Lipinski definition) is 0. The van der Waals surface area contributed by atoms with Gasteiger partial charge in [0.2, 0.25) is 0 Å². The van der Waals surface area contributed by atoms with Crippen molar-refractivity contribution in [1.29, 1.82) is 0 Å². The lowest BCUT2D eigenvalue weighted by Gasteiger charge is -2.24. The molecular weight excluding hydrogens is 371 g/mol. The molecule has 0 N–H and O–H groups in total. The number of hydrogen-bond acceptors (Lipinski definition) is 4. The van der Waals surface area contributed by atoms with Crippen LogP contribution in [0.1, 0.15) is 29.1 Å². The molecule has 0 saturated heterocycles. The van der Waals surface area contributed by atoms with Crippen molar-refractivity contribution in [3.63, 3.8) is 0 Å². The van der Waals surface area contributed by atoms with Crippen molar-refractivity contribution in [3.05, 3.63) is 90.5 Å². The predicted molar refractivity (Wildman–Crippen MR) is 106 cm³/mol. The van der Waals surface area contributed by atoms with Crippen molar-refractivity contribution >= 4 is 5.91 Å². The average molecular weight is 390 g/mol. The van der Waals surface area contributed by atoms with E-state index in [0.717, 1.165) is 11.3 Å². The summed E-state index contributed by atoms with van der Waals surface area (Å²) in [7, 11) is 1.71. The summed E-state index contributed by atoms with van der Waals surface area (Å²) in [6.07, 6.45) is 3.10. The zero-order valence-electron chi connectivity index (χ0n) is 16.0. The summed E-state index contributed by atoms with van der Waals surface area (Å²) in [5, 5.41) is 4.10. The van der Waals surface area contributed by atoms with Crippen LogP contribution in [0.15, 0.2) is 77.7 Å². The summed E-state index contributed by atoms with van der Waals surface area (Å²) in [4.78, 5) is 18.4. The summed E-state index contributed by atoms with van der Waals surface area (Å²) in [6, 6.07) is 17.0. The maximum absolute atomic E-state index is 14.0. The summed E-state index contributed by atoms with van der Waals surface area (Å²) in [5.41, 5.74) is 2.17. The summed E-state index contributed by atoms with van der Waals surface area (Å²) >= 11 is 0. The van der Waals surface area contributed by atoms with Crippen LogP contribution in [0.25, 0.3) is 17.0 Å². The number of rotatable bonds is 5. The van der Waals surface area contributed by atoms with Crippen LogP contribution in [-0.2, 0) is 0 Å². The molecule has 0 spiro atoms. The van der Waals surface area contributed by atoms with Gasteiger partial charge in [-0.3, -0.25) is 4.79 Å². The number of benzene rings is 2. The maximum Gasteiger partial charge on any atom is 0.289 e. The molecular formula is C22H19FN4O2. The van der Waals surface area contributed by atoms with Crippen LogP contribution in [0, 0.1) is 5.82 Å². The number of aromatic nitrogens is 3. The van der Waals surface area contributed by atoms with Crippen LogP contribution in [-0.4, -0.2) is 32.6 Å². The van der Waals surface area contributed by atoms with Crippen molar-refractivity contribution in [2.24, 2.45) is 0 Å². The second-order valence-corrected chi connectivity index (χ2v) is 6.67. The zero-order chi connectivity index (χ0) is 20.4. The first-order valence-corrected chi connectivity index (χ1v) is 9.11. The molecule has 146 valence electrons. The highest BCUT2D eigenvalue weighted by Crippen LogP contribution is 2.27. The van der Waals surface area contributed by atoms with Gasteiger partial charge in [-0.1, -0.05) is 24.3 Å². The van der Waals surface area contributed by atoms with Crippen molar-refractivity contribution in [2.45, 2.75) is 13.0 Å². The molecule has 0 aliphatic rings. The highest BCUT2D eigenvalue weighted by atomic mass is 19.1. The lowest BCUT2D eigenvalue weighted by atomic mass is 10.1. The highest BCUT2D eigenvalue weighted by Gasteiger charge is 2.22. The van der Waals surface area contributed by atoms with Crippen LogP contribution in [0.5, 0.6) is 0 Å². The van der Waals surface area contributed by atoms with Crippen molar-refractivity contribution in [2.75, 3.05) is 7.05 Å². The molecule has 4 aromatic rings. The molecule has 1 amide bonds.